The van der Waals surface area contributed by atoms with E-state index in [4.69, 9.17) is 9.26 Å². The van der Waals surface area contributed by atoms with Crippen molar-refractivity contribution in [3.63, 3.8) is 0 Å². The molecule has 3 aromatic heterocycles. The van der Waals surface area contributed by atoms with Crippen LogP contribution in [0.25, 0.3) is 0 Å². The van der Waals surface area contributed by atoms with E-state index in [2.05, 4.69) is 10.3 Å². The monoisotopic (exact) mass is 415 g/mol. The fourth-order valence-corrected chi connectivity index (χ4v) is 4.61. The first-order valence-electron chi connectivity index (χ1n) is 8.61. The number of nitrogens with zero attached hydrogens (tertiary/aromatic N) is 3. The lowest BCUT2D eigenvalue weighted by molar-refractivity contribution is -0.136. The van der Waals surface area contributed by atoms with Gasteiger partial charge in [-0.3, -0.25) is 4.79 Å². The summed E-state index contributed by atoms with van der Waals surface area (Å²) in [7, 11) is 0. The van der Waals surface area contributed by atoms with Crippen LogP contribution in [0.1, 0.15) is 44.0 Å². The van der Waals surface area contributed by atoms with E-state index < -0.39 is 12.6 Å². The molecular formula is C19H17N3O4S2. The minimum atomic E-state index is -0.626. The lowest BCUT2D eigenvalue weighted by Crippen LogP contribution is -2.31. The van der Waals surface area contributed by atoms with Crippen molar-refractivity contribution < 1.29 is 18.8 Å². The second-order valence-corrected chi connectivity index (χ2v) is 8.20. The maximum absolute atomic E-state index is 12.8. The van der Waals surface area contributed by atoms with Gasteiger partial charge in [0.2, 0.25) is 0 Å². The van der Waals surface area contributed by atoms with Crippen molar-refractivity contribution in [1.82, 2.24) is 10.2 Å². The lowest BCUT2D eigenvalue weighted by atomic mass is 10.1. The van der Waals surface area contributed by atoms with Crippen molar-refractivity contribution in [2.75, 3.05) is 6.61 Å². The molecular weight excluding hydrogens is 398 g/mol. The second kappa shape index (κ2) is 7.69. The molecule has 9 heteroatoms. The average molecular weight is 415 g/mol. The Bertz CT molecular complexity index is 1000. The van der Waals surface area contributed by atoms with Crippen LogP contribution in [0.5, 0.6) is 0 Å². The number of hydrazone groups is 1. The van der Waals surface area contributed by atoms with E-state index in [1.165, 1.54) is 5.01 Å². The van der Waals surface area contributed by atoms with Crippen LogP contribution in [0.2, 0.25) is 0 Å². The third-order valence-corrected chi connectivity index (χ3v) is 6.30. The highest BCUT2D eigenvalue weighted by molar-refractivity contribution is 7.12. The van der Waals surface area contributed by atoms with Crippen LogP contribution < -0.4 is 0 Å². The summed E-state index contributed by atoms with van der Waals surface area (Å²) in [6.07, 6.45) is 0.630. The minimum Gasteiger partial charge on any atom is -0.452 e. The van der Waals surface area contributed by atoms with E-state index in [1.807, 2.05) is 35.0 Å². The van der Waals surface area contributed by atoms with Gasteiger partial charge in [0.15, 0.2) is 6.61 Å². The number of hydrogen-bond donors (Lipinski definition) is 0. The summed E-state index contributed by atoms with van der Waals surface area (Å²) in [4.78, 5) is 27.2. The SMILES string of the molecule is Cc1noc(C)c1C(=O)OCC(=O)N1N=C(c2cccs2)CC1c1cccs1. The van der Waals surface area contributed by atoms with Crippen LogP contribution in [0, 0.1) is 13.8 Å². The quantitative estimate of drug-likeness (QED) is 0.589. The summed E-state index contributed by atoms with van der Waals surface area (Å²) in [6.45, 7) is 2.88. The molecule has 144 valence electrons. The Kier molecular flexibility index (Phi) is 5.10. The molecule has 0 saturated heterocycles. The van der Waals surface area contributed by atoms with Crippen LogP contribution >= 0.6 is 22.7 Å². The van der Waals surface area contributed by atoms with E-state index in [-0.39, 0.29) is 17.5 Å². The van der Waals surface area contributed by atoms with E-state index in [1.54, 1.807) is 36.5 Å². The molecule has 1 atom stereocenters. The molecule has 0 bridgehead atoms. The zero-order valence-corrected chi connectivity index (χ0v) is 16.9. The number of thiophene rings is 2. The van der Waals surface area contributed by atoms with Gasteiger partial charge in [0.25, 0.3) is 5.91 Å². The van der Waals surface area contributed by atoms with Gasteiger partial charge in [-0.25, -0.2) is 9.80 Å². The predicted octanol–water partition coefficient (Wildman–Crippen LogP) is 3.95. The average Bonchev–Trinajstić information content (AvgIpc) is 3.44. The van der Waals surface area contributed by atoms with Gasteiger partial charge < -0.3 is 9.26 Å². The molecule has 0 saturated carbocycles. The molecule has 1 aliphatic rings. The number of aryl methyl sites for hydroxylation is 2. The van der Waals surface area contributed by atoms with Gasteiger partial charge in [0, 0.05) is 11.3 Å². The van der Waals surface area contributed by atoms with Crippen molar-refractivity contribution in [3.05, 3.63) is 61.8 Å². The summed E-state index contributed by atoms with van der Waals surface area (Å²) in [5.41, 5.74) is 1.55. The van der Waals surface area contributed by atoms with Gasteiger partial charge in [0.1, 0.15) is 11.3 Å². The summed E-state index contributed by atoms with van der Waals surface area (Å²) >= 11 is 3.16. The molecule has 4 heterocycles. The van der Waals surface area contributed by atoms with Crippen molar-refractivity contribution in [3.8, 4) is 0 Å². The molecule has 1 amide bonds. The van der Waals surface area contributed by atoms with Crippen molar-refractivity contribution >= 4 is 40.3 Å². The lowest BCUT2D eigenvalue weighted by Gasteiger charge is -2.20. The number of amides is 1. The Morgan fingerprint density at radius 2 is 2.04 bits per heavy atom. The Labute approximate surface area is 169 Å². The molecule has 0 aliphatic carbocycles. The first kappa shape index (κ1) is 18.6. The van der Waals surface area contributed by atoms with E-state index in [9.17, 15) is 9.59 Å². The highest BCUT2D eigenvalue weighted by Gasteiger charge is 2.34. The fourth-order valence-electron chi connectivity index (χ4n) is 3.07. The number of esters is 1. The smallest absolute Gasteiger partial charge is 0.344 e. The van der Waals surface area contributed by atoms with Gasteiger partial charge in [0.05, 0.1) is 22.3 Å². The van der Waals surface area contributed by atoms with Gasteiger partial charge in [-0.1, -0.05) is 17.3 Å². The van der Waals surface area contributed by atoms with Crippen molar-refractivity contribution in [2.45, 2.75) is 26.3 Å². The fraction of sp³-hybridized carbons (Fsp3) is 0.263. The van der Waals surface area contributed by atoms with Crippen LogP contribution in [0.4, 0.5) is 0 Å². The highest BCUT2D eigenvalue weighted by Crippen LogP contribution is 2.35. The Morgan fingerprint density at radius 3 is 2.68 bits per heavy atom. The maximum Gasteiger partial charge on any atom is 0.344 e. The summed E-state index contributed by atoms with van der Waals surface area (Å²) < 4.78 is 10.2. The Balaban J connectivity index is 1.51. The molecule has 4 rings (SSSR count). The zero-order valence-electron chi connectivity index (χ0n) is 15.2. The largest absolute Gasteiger partial charge is 0.452 e. The molecule has 1 aliphatic heterocycles. The van der Waals surface area contributed by atoms with E-state index in [0.717, 1.165) is 15.5 Å². The second-order valence-electron chi connectivity index (χ2n) is 6.27. The minimum absolute atomic E-state index is 0.192. The molecule has 0 fully saturated rings. The van der Waals surface area contributed by atoms with Crippen LogP contribution in [0.3, 0.4) is 0 Å². The number of rotatable bonds is 5. The number of hydrogen-bond acceptors (Lipinski definition) is 8. The van der Waals surface area contributed by atoms with Gasteiger partial charge in [-0.15, -0.1) is 22.7 Å². The predicted molar refractivity (Wildman–Crippen MR) is 106 cm³/mol. The summed E-state index contributed by atoms with van der Waals surface area (Å²) in [6, 6.07) is 7.68. The number of carbonyl (C=O) groups is 2. The molecule has 28 heavy (non-hydrogen) atoms. The molecule has 7 nitrogen and oxygen atoms in total. The Hall–Kier alpha value is -2.78. The highest BCUT2D eigenvalue weighted by atomic mass is 32.1. The third-order valence-electron chi connectivity index (χ3n) is 4.41. The first-order chi connectivity index (χ1) is 13.5. The summed E-state index contributed by atoms with van der Waals surface area (Å²) in [5.74, 6) is -0.630. The standard InChI is InChI=1S/C19H17N3O4S2/c1-11-18(12(2)26-21-11)19(24)25-10-17(23)22-14(16-6-4-8-28-16)9-13(20-22)15-5-3-7-27-15/h3-8,14H,9-10H2,1-2H3. The molecule has 0 N–H and O–H groups in total. The molecule has 1 unspecified atom stereocenters. The van der Waals surface area contributed by atoms with Gasteiger partial charge >= 0.3 is 5.97 Å². The Morgan fingerprint density at radius 1 is 1.25 bits per heavy atom. The number of aromatic nitrogens is 1. The molecule has 3 aromatic rings. The van der Waals surface area contributed by atoms with E-state index >= 15 is 0 Å². The molecule has 0 aromatic carbocycles. The van der Waals surface area contributed by atoms with Gasteiger partial charge in [-0.2, -0.15) is 5.10 Å². The van der Waals surface area contributed by atoms with E-state index in [0.29, 0.717) is 17.9 Å². The topological polar surface area (TPSA) is 85.0 Å². The first-order valence-corrected chi connectivity index (χ1v) is 10.4. The van der Waals surface area contributed by atoms with Crippen molar-refractivity contribution in [2.24, 2.45) is 5.10 Å². The zero-order chi connectivity index (χ0) is 19.7. The van der Waals surface area contributed by atoms with Crippen LogP contribution in [-0.4, -0.2) is 34.4 Å². The maximum atomic E-state index is 12.8. The van der Waals surface area contributed by atoms with Crippen LogP contribution in [0.15, 0.2) is 44.7 Å². The van der Waals surface area contributed by atoms with Crippen LogP contribution in [-0.2, 0) is 9.53 Å². The molecule has 0 radical (unpaired) electrons. The number of ether oxygens (including phenoxy) is 1. The molecule has 0 spiro atoms. The third kappa shape index (κ3) is 3.50. The summed E-state index contributed by atoms with van der Waals surface area (Å²) in [5, 5.41) is 13.7. The normalized spacial score (nSPS) is 16.3. The van der Waals surface area contributed by atoms with Crippen molar-refractivity contribution in [1.29, 1.82) is 0 Å². The van der Waals surface area contributed by atoms with Gasteiger partial charge in [-0.05, 0) is 36.7 Å². The number of carbonyl (C=O) groups excluding carboxylic acids is 2.